The van der Waals surface area contributed by atoms with Crippen molar-refractivity contribution in [2.45, 2.75) is 131 Å². The molecule has 0 radical (unpaired) electrons. The first-order chi connectivity index (χ1) is 17.7. The molecule has 1 aromatic carbocycles. The average molecular weight is 573 g/mol. The van der Waals surface area contributed by atoms with Crippen LogP contribution < -0.4 is 8.85 Å². The highest BCUT2D eigenvalue weighted by Crippen LogP contribution is 2.41. The van der Waals surface area contributed by atoms with Crippen molar-refractivity contribution >= 4 is 22.6 Å². The molecule has 4 nitrogen and oxygen atoms in total. The molecule has 0 aliphatic carbocycles. The largest absolute Gasteiger partial charge is 0.543 e. The monoisotopic (exact) mass is 572 g/mol. The van der Waals surface area contributed by atoms with Gasteiger partial charge in [-0.05, 0) is 107 Å². The quantitative estimate of drug-likeness (QED) is 0.145. The number of allylic oxidation sites excluding steroid dienone is 5. The van der Waals surface area contributed by atoms with Crippen LogP contribution in [0.5, 0.6) is 11.5 Å². The summed E-state index contributed by atoms with van der Waals surface area (Å²) in [6.45, 7) is 28.7. The molecular formula is C33H56O4Si2. The van der Waals surface area contributed by atoms with Gasteiger partial charge < -0.3 is 14.0 Å². The third-order valence-corrected chi connectivity index (χ3v) is 16.9. The van der Waals surface area contributed by atoms with Crippen LogP contribution in [0.4, 0.5) is 0 Å². The molecule has 0 aromatic heterocycles. The summed E-state index contributed by atoms with van der Waals surface area (Å²) < 4.78 is 13.3. The summed E-state index contributed by atoms with van der Waals surface area (Å²) in [5.74, 6) is 0.811. The van der Waals surface area contributed by atoms with E-state index in [0.29, 0.717) is 18.4 Å². The minimum atomic E-state index is -2.08. The minimum Gasteiger partial charge on any atom is -0.543 e. The number of carbonyl (C=O) groups is 1. The van der Waals surface area contributed by atoms with Crippen molar-refractivity contribution in [1.29, 1.82) is 0 Å². The Hall–Kier alpha value is -2.06. The number of carboxylic acid groups (broad SMARTS) is 1. The van der Waals surface area contributed by atoms with Crippen LogP contribution in [0, 0.1) is 0 Å². The fourth-order valence-electron chi connectivity index (χ4n) is 3.45. The molecule has 220 valence electrons. The van der Waals surface area contributed by atoms with Gasteiger partial charge in [-0.1, -0.05) is 70.9 Å². The Balaban J connectivity index is 3.27. The van der Waals surface area contributed by atoms with E-state index >= 15 is 0 Å². The lowest BCUT2D eigenvalue weighted by Crippen LogP contribution is -2.44. The Morgan fingerprint density at radius 2 is 1.36 bits per heavy atom. The maximum Gasteiger partial charge on any atom is 0.331 e. The summed E-state index contributed by atoms with van der Waals surface area (Å²) >= 11 is 0. The van der Waals surface area contributed by atoms with Crippen LogP contribution in [0.1, 0.15) is 93.6 Å². The molecule has 0 heterocycles. The zero-order valence-electron chi connectivity index (χ0n) is 27.2. The zero-order chi connectivity index (χ0) is 30.2. The van der Waals surface area contributed by atoms with Gasteiger partial charge in [0.15, 0.2) is 0 Å². The summed E-state index contributed by atoms with van der Waals surface area (Å²) in [7, 11) is -4.10. The molecular weight excluding hydrogens is 517 g/mol. The maximum absolute atomic E-state index is 12.1. The molecule has 0 aliphatic rings. The van der Waals surface area contributed by atoms with Crippen molar-refractivity contribution in [1.82, 2.24) is 0 Å². The smallest absolute Gasteiger partial charge is 0.331 e. The van der Waals surface area contributed by atoms with E-state index < -0.39 is 22.6 Å². The topological polar surface area (TPSA) is 55.8 Å². The first-order valence-corrected chi connectivity index (χ1v) is 20.2. The van der Waals surface area contributed by atoms with E-state index in [-0.39, 0.29) is 10.1 Å². The van der Waals surface area contributed by atoms with E-state index in [9.17, 15) is 9.90 Å². The summed E-state index contributed by atoms with van der Waals surface area (Å²) in [6, 6.07) is 6.09. The predicted octanol–water partition coefficient (Wildman–Crippen LogP) is 10.5. The number of hydrogen-bond donors (Lipinski definition) is 1. The highest BCUT2D eigenvalue weighted by atomic mass is 28.4. The number of aliphatic carboxylic acids is 1. The molecule has 0 amide bonds. The van der Waals surface area contributed by atoms with Gasteiger partial charge in [0, 0.05) is 11.1 Å². The van der Waals surface area contributed by atoms with Crippen LogP contribution in [0.15, 0.2) is 53.1 Å². The van der Waals surface area contributed by atoms with Crippen LogP contribution in [0.25, 0.3) is 0 Å². The highest BCUT2D eigenvalue weighted by molar-refractivity contribution is 6.75. The van der Waals surface area contributed by atoms with Crippen LogP contribution in [0.3, 0.4) is 0 Å². The van der Waals surface area contributed by atoms with E-state index in [1.165, 1.54) is 11.1 Å². The standard InChI is InChI=1S/C33H56O4Si2/c1-25(2)16-14-17-26(3)18-15-19-27(31(34)35)20-21-28-24-29(36-38(10,11)32(4,5)6)22-23-30(28)37-39(12,13)33(7,8)9/h16,18,20,22-24H,14-15,17,19,21H2,1-13H3,(H,34,35)/b26-18+,27-20?. The van der Waals surface area contributed by atoms with Crippen molar-refractivity contribution in [3.05, 3.63) is 58.7 Å². The highest BCUT2D eigenvalue weighted by Gasteiger charge is 2.40. The first kappa shape index (κ1) is 35.0. The second-order valence-corrected chi connectivity index (χ2v) is 23.6. The molecule has 6 heteroatoms. The summed E-state index contributed by atoms with van der Waals surface area (Å²) in [5, 5.41) is 10.1. The molecule has 0 aliphatic heterocycles. The molecule has 0 atom stereocenters. The van der Waals surface area contributed by atoms with Gasteiger partial charge in [-0.2, -0.15) is 0 Å². The second kappa shape index (κ2) is 14.0. The van der Waals surface area contributed by atoms with Gasteiger partial charge in [-0.15, -0.1) is 0 Å². The first-order valence-electron chi connectivity index (χ1n) is 14.4. The van der Waals surface area contributed by atoms with Crippen LogP contribution in [-0.2, 0) is 11.2 Å². The third kappa shape index (κ3) is 11.5. The van der Waals surface area contributed by atoms with Crippen LogP contribution >= 0.6 is 0 Å². The summed E-state index contributed by atoms with van der Waals surface area (Å²) in [4.78, 5) is 12.1. The van der Waals surface area contributed by atoms with Gasteiger partial charge in [0.1, 0.15) is 11.5 Å². The predicted molar refractivity (Wildman–Crippen MR) is 173 cm³/mol. The Kier molecular flexibility index (Phi) is 12.6. The zero-order valence-corrected chi connectivity index (χ0v) is 29.2. The van der Waals surface area contributed by atoms with Gasteiger partial charge >= 0.3 is 5.97 Å². The Labute approximate surface area is 241 Å². The Morgan fingerprint density at radius 3 is 1.87 bits per heavy atom. The van der Waals surface area contributed by atoms with Crippen LogP contribution in [-0.4, -0.2) is 27.7 Å². The van der Waals surface area contributed by atoms with E-state index in [0.717, 1.165) is 36.3 Å². The molecule has 0 spiro atoms. The van der Waals surface area contributed by atoms with Crippen molar-refractivity contribution in [2.24, 2.45) is 0 Å². The maximum atomic E-state index is 12.1. The van der Waals surface area contributed by atoms with Crippen molar-refractivity contribution in [3.63, 3.8) is 0 Å². The Morgan fingerprint density at radius 1 is 0.821 bits per heavy atom. The lowest BCUT2D eigenvalue weighted by molar-refractivity contribution is -0.132. The molecule has 1 N–H and O–H groups in total. The van der Waals surface area contributed by atoms with Crippen molar-refractivity contribution < 1.29 is 18.8 Å². The summed E-state index contributed by atoms with van der Waals surface area (Å²) in [6.07, 6.45) is 10.0. The second-order valence-electron chi connectivity index (χ2n) is 14.1. The molecule has 39 heavy (non-hydrogen) atoms. The Bertz CT molecular complexity index is 1060. The van der Waals surface area contributed by atoms with E-state index in [2.05, 4.69) is 107 Å². The lowest BCUT2D eigenvalue weighted by Gasteiger charge is -2.38. The van der Waals surface area contributed by atoms with E-state index in [4.69, 9.17) is 8.85 Å². The van der Waals surface area contributed by atoms with E-state index in [1.54, 1.807) is 0 Å². The molecule has 1 rings (SSSR count). The van der Waals surface area contributed by atoms with Crippen LogP contribution in [0.2, 0.25) is 36.3 Å². The van der Waals surface area contributed by atoms with Gasteiger partial charge in [0.25, 0.3) is 0 Å². The van der Waals surface area contributed by atoms with Gasteiger partial charge in [0.2, 0.25) is 16.6 Å². The summed E-state index contributed by atoms with van der Waals surface area (Å²) in [5.41, 5.74) is 4.05. The normalized spacial score (nSPS) is 13.8. The minimum absolute atomic E-state index is 0.0540. The van der Waals surface area contributed by atoms with E-state index in [1.807, 2.05) is 18.2 Å². The van der Waals surface area contributed by atoms with Gasteiger partial charge in [-0.3, -0.25) is 0 Å². The molecule has 0 saturated carbocycles. The molecule has 0 saturated heterocycles. The molecule has 1 aromatic rings. The SMILES string of the molecule is CC(C)=CCC/C(C)=C/CCC(=CCc1cc(O[Si](C)(C)C(C)(C)C)ccc1O[Si](C)(C)C(C)(C)C)C(=O)O. The fourth-order valence-corrected chi connectivity index (χ4v) is 5.53. The lowest BCUT2D eigenvalue weighted by atomic mass is 10.0. The number of carboxylic acids is 1. The van der Waals surface area contributed by atoms with Crippen molar-refractivity contribution in [3.8, 4) is 11.5 Å². The fraction of sp³-hybridized carbons (Fsp3) is 0.606. The molecule has 0 unspecified atom stereocenters. The van der Waals surface area contributed by atoms with Gasteiger partial charge in [-0.25, -0.2) is 4.79 Å². The van der Waals surface area contributed by atoms with Gasteiger partial charge in [0.05, 0.1) is 0 Å². The number of rotatable bonds is 13. The third-order valence-electron chi connectivity index (χ3n) is 8.22. The molecule has 0 bridgehead atoms. The van der Waals surface area contributed by atoms with Crippen molar-refractivity contribution in [2.75, 3.05) is 0 Å². The number of benzene rings is 1. The molecule has 0 fully saturated rings. The number of hydrogen-bond acceptors (Lipinski definition) is 3. The average Bonchev–Trinajstić information content (AvgIpc) is 2.75.